The average molecular weight is 285 g/mol. The zero-order valence-corrected chi connectivity index (χ0v) is 10.5. The molecule has 0 saturated heterocycles. The van der Waals surface area contributed by atoms with E-state index in [9.17, 15) is 14.5 Å². The van der Waals surface area contributed by atoms with Crippen molar-refractivity contribution in [2.24, 2.45) is 0 Å². The van der Waals surface area contributed by atoms with E-state index in [2.05, 4.69) is 10.3 Å². The molecule has 0 amide bonds. The topological polar surface area (TPSA) is 73.8 Å². The summed E-state index contributed by atoms with van der Waals surface area (Å²) in [4.78, 5) is 9.88. The summed E-state index contributed by atoms with van der Waals surface area (Å²) in [5.74, 6) is -0.356. The predicted molar refractivity (Wildman–Crippen MR) is 67.0 cm³/mol. The van der Waals surface area contributed by atoms with Crippen LogP contribution in [0.5, 0.6) is 0 Å². The van der Waals surface area contributed by atoms with Crippen molar-refractivity contribution in [2.75, 3.05) is 5.88 Å². The Kier molecular flexibility index (Phi) is 4.06. The zero-order valence-electron chi connectivity index (χ0n) is 9.79. The lowest BCUT2D eigenvalue weighted by molar-refractivity contribution is -0.387. The summed E-state index contributed by atoms with van der Waals surface area (Å²) in [6.07, 6.45) is 3.08. The molecule has 100 valence electrons. The van der Waals surface area contributed by atoms with Gasteiger partial charge in [-0.05, 0) is 25.0 Å². The van der Waals surface area contributed by atoms with Crippen LogP contribution in [0.4, 0.5) is 10.1 Å². The van der Waals surface area contributed by atoms with Gasteiger partial charge in [0.1, 0.15) is 0 Å². The minimum Gasteiger partial charge on any atom is -0.258 e. The number of aromatic nitrogens is 3. The molecule has 0 bridgehead atoms. The summed E-state index contributed by atoms with van der Waals surface area (Å²) < 4.78 is 14.6. The molecule has 19 heavy (non-hydrogen) atoms. The summed E-state index contributed by atoms with van der Waals surface area (Å²) in [6, 6.07) is 3.56. The van der Waals surface area contributed by atoms with Gasteiger partial charge in [0.25, 0.3) is 0 Å². The standard InChI is InChI=1S/C11H10ClFN4O2/c12-5-1-2-8-7-16(15-14-8)9-3-4-10(13)11(6-9)17(18)19/h3-4,6-7H,1-2,5H2. The first-order valence-electron chi connectivity index (χ1n) is 5.53. The van der Waals surface area contributed by atoms with Crippen molar-refractivity contribution >= 4 is 17.3 Å². The van der Waals surface area contributed by atoms with Crippen LogP contribution in [0.3, 0.4) is 0 Å². The van der Waals surface area contributed by atoms with Crippen LogP contribution < -0.4 is 0 Å². The summed E-state index contributed by atoms with van der Waals surface area (Å²) in [6.45, 7) is 0. The van der Waals surface area contributed by atoms with Gasteiger partial charge in [-0.3, -0.25) is 10.1 Å². The van der Waals surface area contributed by atoms with Crippen molar-refractivity contribution in [3.8, 4) is 5.69 Å². The lowest BCUT2D eigenvalue weighted by Crippen LogP contribution is -1.98. The van der Waals surface area contributed by atoms with Gasteiger partial charge in [0.2, 0.25) is 5.82 Å². The van der Waals surface area contributed by atoms with E-state index in [4.69, 9.17) is 11.6 Å². The van der Waals surface area contributed by atoms with Crippen molar-refractivity contribution in [1.29, 1.82) is 0 Å². The first-order chi connectivity index (χ1) is 9.11. The summed E-state index contributed by atoms with van der Waals surface area (Å²) in [5.41, 5.74) is 0.528. The van der Waals surface area contributed by atoms with Gasteiger partial charge in [0.15, 0.2) is 0 Å². The smallest absolute Gasteiger partial charge is 0.258 e. The molecule has 0 aliphatic rings. The van der Waals surface area contributed by atoms with Gasteiger partial charge in [0.05, 0.1) is 22.5 Å². The van der Waals surface area contributed by atoms with E-state index >= 15 is 0 Å². The van der Waals surface area contributed by atoms with E-state index in [1.165, 1.54) is 10.7 Å². The second-order valence-electron chi connectivity index (χ2n) is 3.84. The predicted octanol–water partition coefficient (Wildman–Crippen LogP) is 2.49. The van der Waals surface area contributed by atoms with Gasteiger partial charge in [-0.15, -0.1) is 16.7 Å². The zero-order chi connectivity index (χ0) is 13.8. The fourth-order valence-electron chi connectivity index (χ4n) is 1.57. The SMILES string of the molecule is O=[N+]([O-])c1cc(-n2cc(CCCCl)nn2)ccc1F. The minimum absolute atomic E-state index is 0.387. The minimum atomic E-state index is -0.878. The first-order valence-corrected chi connectivity index (χ1v) is 6.07. The highest BCUT2D eigenvalue weighted by atomic mass is 35.5. The normalized spacial score (nSPS) is 10.6. The lowest BCUT2D eigenvalue weighted by atomic mass is 10.2. The second kappa shape index (κ2) is 5.75. The summed E-state index contributed by atoms with van der Waals surface area (Å²) in [7, 11) is 0. The van der Waals surface area contributed by atoms with Crippen LogP contribution in [0, 0.1) is 15.9 Å². The number of nitro benzene ring substituents is 1. The monoisotopic (exact) mass is 284 g/mol. The molecule has 2 rings (SSSR count). The van der Waals surface area contributed by atoms with Crippen molar-refractivity contribution in [3.05, 3.63) is 46.0 Å². The van der Waals surface area contributed by atoms with Crippen molar-refractivity contribution in [3.63, 3.8) is 0 Å². The molecule has 1 aromatic carbocycles. The molecule has 0 radical (unpaired) electrons. The maximum Gasteiger partial charge on any atom is 0.306 e. The maximum atomic E-state index is 13.2. The van der Waals surface area contributed by atoms with Crippen LogP contribution in [0.1, 0.15) is 12.1 Å². The average Bonchev–Trinajstić information content (AvgIpc) is 2.85. The molecule has 0 spiro atoms. The molecule has 1 aromatic heterocycles. The number of hydrogen-bond acceptors (Lipinski definition) is 4. The molecule has 1 heterocycles. The van der Waals surface area contributed by atoms with Gasteiger partial charge in [-0.25, -0.2) is 4.68 Å². The number of nitrogens with zero attached hydrogens (tertiary/aromatic N) is 4. The third-order valence-electron chi connectivity index (χ3n) is 2.50. The maximum absolute atomic E-state index is 13.2. The Morgan fingerprint density at radius 2 is 2.26 bits per heavy atom. The highest BCUT2D eigenvalue weighted by molar-refractivity contribution is 6.17. The number of halogens is 2. The van der Waals surface area contributed by atoms with E-state index in [0.717, 1.165) is 24.2 Å². The van der Waals surface area contributed by atoms with E-state index in [-0.39, 0.29) is 0 Å². The summed E-state index contributed by atoms with van der Waals surface area (Å²) >= 11 is 5.58. The quantitative estimate of drug-likeness (QED) is 0.480. The Bertz CT molecular complexity index is 602. The number of rotatable bonds is 5. The molecule has 0 fully saturated rings. The number of alkyl halides is 1. The van der Waals surface area contributed by atoms with Crippen molar-refractivity contribution in [2.45, 2.75) is 12.8 Å². The Balaban J connectivity index is 2.29. The third kappa shape index (κ3) is 3.05. The molecule has 2 aromatic rings. The van der Waals surface area contributed by atoms with Crippen LogP contribution in [0.25, 0.3) is 5.69 Å². The van der Waals surface area contributed by atoms with Crippen molar-refractivity contribution < 1.29 is 9.31 Å². The number of nitro groups is 1. The molecule has 0 aliphatic heterocycles. The van der Waals surface area contributed by atoms with Gasteiger partial charge >= 0.3 is 5.69 Å². The Labute approximate surface area is 113 Å². The molecule has 0 unspecified atom stereocenters. The Morgan fingerprint density at radius 3 is 2.95 bits per heavy atom. The van der Waals surface area contributed by atoms with Crippen LogP contribution in [-0.4, -0.2) is 25.8 Å². The van der Waals surface area contributed by atoms with Gasteiger partial charge in [-0.2, -0.15) is 4.39 Å². The lowest BCUT2D eigenvalue weighted by Gasteiger charge is -2.00. The molecular formula is C11H10ClFN4O2. The van der Waals surface area contributed by atoms with Gasteiger partial charge in [0, 0.05) is 11.9 Å². The molecule has 6 nitrogen and oxygen atoms in total. The Morgan fingerprint density at radius 1 is 1.47 bits per heavy atom. The molecule has 0 N–H and O–H groups in total. The second-order valence-corrected chi connectivity index (χ2v) is 4.22. The van der Waals surface area contributed by atoms with E-state index in [1.807, 2.05) is 0 Å². The fourth-order valence-corrected chi connectivity index (χ4v) is 1.70. The number of hydrogen-bond donors (Lipinski definition) is 0. The first kappa shape index (κ1) is 13.4. The van der Waals surface area contributed by atoms with Crippen LogP contribution in [-0.2, 0) is 6.42 Å². The van der Waals surface area contributed by atoms with Crippen LogP contribution in [0.15, 0.2) is 24.4 Å². The third-order valence-corrected chi connectivity index (χ3v) is 2.77. The molecule has 0 saturated carbocycles. The van der Waals surface area contributed by atoms with Crippen LogP contribution >= 0.6 is 11.6 Å². The Hall–Kier alpha value is -2.02. The number of benzene rings is 1. The molecular weight excluding hydrogens is 275 g/mol. The van der Waals surface area contributed by atoms with E-state index in [0.29, 0.717) is 18.0 Å². The largest absolute Gasteiger partial charge is 0.306 e. The van der Waals surface area contributed by atoms with Gasteiger partial charge in [-0.1, -0.05) is 5.21 Å². The van der Waals surface area contributed by atoms with Crippen LogP contribution in [0.2, 0.25) is 0 Å². The fraction of sp³-hybridized carbons (Fsp3) is 0.273. The molecule has 0 aliphatic carbocycles. The molecule has 0 atom stereocenters. The highest BCUT2D eigenvalue weighted by Crippen LogP contribution is 2.20. The van der Waals surface area contributed by atoms with Gasteiger partial charge < -0.3 is 0 Å². The van der Waals surface area contributed by atoms with E-state index < -0.39 is 16.4 Å². The van der Waals surface area contributed by atoms with Crippen molar-refractivity contribution in [1.82, 2.24) is 15.0 Å². The highest BCUT2D eigenvalue weighted by Gasteiger charge is 2.15. The molecule has 8 heteroatoms. The van der Waals surface area contributed by atoms with E-state index in [1.54, 1.807) is 6.20 Å². The summed E-state index contributed by atoms with van der Waals surface area (Å²) in [5, 5.41) is 18.4. The number of aryl methyl sites for hydroxylation is 1.